The Hall–Kier alpha value is -2.09. The highest BCUT2D eigenvalue weighted by molar-refractivity contribution is 7.15. The number of thiazole rings is 1. The number of benzene rings is 1. The maximum absolute atomic E-state index is 12.6. The van der Waals surface area contributed by atoms with Gasteiger partial charge >= 0.3 is 0 Å². The second-order valence-electron chi connectivity index (χ2n) is 5.58. The first-order valence-electron chi connectivity index (χ1n) is 7.46. The van der Waals surface area contributed by atoms with Crippen LogP contribution in [-0.4, -0.2) is 26.9 Å². The number of halogens is 1. The van der Waals surface area contributed by atoms with Gasteiger partial charge in [-0.1, -0.05) is 6.07 Å². The van der Waals surface area contributed by atoms with E-state index in [4.69, 9.17) is 5.73 Å². The van der Waals surface area contributed by atoms with Crippen molar-refractivity contribution < 1.29 is 4.79 Å². The summed E-state index contributed by atoms with van der Waals surface area (Å²) in [5, 5.41) is 3.50. The number of hydrogen-bond acceptors (Lipinski definition) is 6. The van der Waals surface area contributed by atoms with Gasteiger partial charge in [-0.15, -0.1) is 23.7 Å². The number of carbonyl (C=O) groups is 1. The Morgan fingerprint density at radius 2 is 2.12 bits per heavy atom. The minimum absolute atomic E-state index is 0. The van der Waals surface area contributed by atoms with E-state index in [1.54, 1.807) is 24.5 Å². The number of carbonyl (C=O) groups excluding carboxylic acids is 1. The molecule has 6 nitrogen and oxygen atoms in total. The molecule has 3 N–H and O–H groups in total. The van der Waals surface area contributed by atoms with E-state index in [1.165, 1.54) is 16.2 Å². The minimum Gasteiger partial charge on any atom is -0.327 e. The molecule has 1 atom stereocenters. The van der Waals surface area contributed by atoms with Gasteiger partial charge in [-0.05, 0) is 31.4 Å². The maximum Gasteiger partial charge on any atom is 0.259 e. The Kier molecular flexibility index (Phi) is 4.75. The molecule has 0 bridgehead atoms. The SMILES string of the molecule is Cl.N[C@H]1CCc2nc(NC(=O)c3cccc4nccnc34)sc2C1. The molecule has 24 heavy (non-hydrogen) atoms. The average Bonchev–Trinajstić information content (AvgIpc) is 2.95. The van der Waals surface area contributed by atoms with Gasteiger partial charge in [0, 0.05) is 23.3 Å². The smallest absolute Gasteiger partial charge is 0.259 e. The van der Waals surface area contributed by atoms with Gasteiger partial charge < -0.3 is 5.73 Å². The summed E-state index contributed by atoms with van der Waals surface area (Å²) < 4.78 is 0. The van der Waals surface area contributed by atoms with Crippen molar-refractivity contribution in [3.8, 4) is 0 Å². The van der Waals surface area contributed by atoms with E-state index in [2.05, 4.69) is 20.3 Å². The fourth-order valence-electron chi connectivity index (χ4n) is 2.79. The van der Waals surface area contributed by atoms with Gasteiger partial charge in [-0.2, -0.15) is 0 Å². The normalized spacial score (nSPS) is 16.3. The molecule has 2 heterocycles. The molecular weight excluding hydrogens is 346 g/mol. The van der Waals surface area contributed by atoms with Crippen LogP contribution in [0.4, 0.5) is 5.13 Å². The van der Waals surface area contributed by atoms with Crippen LogP contribution in [0.25, 0.3) is 11.0 Å². The summed E-state index contributed by atoms with van der Waals surface area (Å²) in [6, 6.07) is 5.58. The molecule has 8 heteroatoms. The lowest BCUT2D eigenvalue weighted by molar-refractivity contribution is 0.102. The van der Waals surface area contributed by atoms with Crippen LogP contribution in [0.2, 0.25) is 0 Å². The van der Waals surface area contributed by atoms with Crippen LogP contribution in [-0.2, 0) is 12.8 Å². The third-order valence-electron chi connectivity index (χ3n) is 3.94. The van der Waals surface area contributed by atoms with Crippen molar-refractivity contribution in [1.29, 1.82) is 0 Å². The van der Waals surface area contributed by atoms with Gasteiger partial charge in [0.25, 0.3) is 5.91 Å². The van der Waals surface area contributed by atoms with Crippen molar-refractivity contribution in [2.75, 3.05) is 5.32 Å². The summed E-state index contributed by atoms with van der Waals surface area (Å²) in [5.74, 6) is -0.216. The number of hydrogen-bond donors (Lipinski definition) is 2. The van der Waals surface area contributed by atoms with E-state index in [-0.39, 0.29) is 24.4 Å². The number of nitrogens with one attached hydrogen (secondary N) is 1. The molecule has 0 fully saturated rings. The molecule has 3 aromatic rings. The van der Waals surface area contributed by atoms with Gasteiger partial charge in [0.1, 0.15) is 5.52 Å². The van der Waals surface area contributed by atoms with Crippen molar-refractivity contribution in [2.24, 2.45) is 5.73 Å². The Labute approximate surface area is 148 Å². The Bertz CT molecular complexity index is 892. The average molecular weight is 362 g/mol. The number of nitrogens with two attached hydrogens (primary N) is 1. The molecule has 4 rings (SSSR count). The lowest BCUT2D eigenvalue weighted by atomic mass is 9.99. The second-order valence-corrected chi connectivity index (χ2v) is 6.66. The molecule has 0 unspecified atom stereocenters. The van der Waals surface area contributed by atoms with Gasteiger partial charge in [0.05, 0.1) is 16.8 Å². The van der Waals surface area contributed by atoms with E-state index in [0.717, 1.165) is 25.0 Å². The monoisotopic (exact) mass is 361 g/mol. The first-order valence-corrected chi connectivity index (χ1v) is 8.27. The lowest BCUT2D eigenvalue weighted by Crippen LogP contribution is -2.27. The fourth-order valence-corrected chi connectivity index (χ4v) is 3.89. The number of aromatic nitrogens is 3. The van der Waals surface area contributed by atoms with Crippen LogP contribution in [0.1, 0.15) is 27.3 Å². The molecule has 0 aliphatic heterocycles. The quantitative estimate of drug-likeness (QED) is 0.731. The maximum atomic E-state index is 12.6. The first kappa shape index (κ1) is 16.8. The summed E-state index contributed by atoms with van der Waals surface area (Å²) in [5.41, 5.74) is 8.84. The largest absolute Gasteiger partial charge is 0.327 e. The zero-order valence-corrected chi connectivity index (χ0v) is 14.4. The number of anilines is 1. The van der Waals surface area contributed by atoms with Crippen molar-refractivity contribution in [2.45, 2.75) is 25.3 Å². The molecule has 1 aromatic carbocycles. The van der Waals surface area contributed by atoms with Crippen LogP contribution >= 0.6 is 23.7 Å². The Morgan fingerprint density at radius 1 is 1.29 bits per heavy atom. The van der Waals surface area contributed by atoms with Crippen LogP contribution in [0.3, 0.4) is 0 Å². The predicted molar refractivity (Wildman–Crippen MR) is 96.9 cm³/mol. The molecule has 1 aliphatic rings. The first-order chi connectivity index (χ1) is 11.2. The number of amides is 1. The van der Waals surface area contributed by atoms with E-state index in [0.29, 0.717) is 21.7 Å². The fraction of sp³-hybridized carbons (Fsp3) is 0.250. The van der Waals surface area contributed by atoms with Gasteiger partial charge in [-0.25, -0.2) is 4.98 Å². The zero-order chi connectivity index (χ0) is 15.8. The molecule has 1 amide bonds. The highest BCUT2D eigenvalue weighted by atomic mass is 35.5. The summed E-state index contributed by atoms with van der Waals surface area (Å²) >= 11 is 1.51. The van der Waals surface area contributed by atoms with E-state index >= 15 is 0 Å². The van der Waals surface area contributed by atoms with Crippen LogP contribution in [0.15, 0.2) is 30.6 Å². The number of fused-ring (bicyclic) bond motifs is 2. The number of aryl methyl sites for hydroxylation is 1. The number of rotatable bonds is 2. The third-order valence-corrected chi connectivity index (χ3v) is 4.98. The Balaban J connectivity index is 0.00000169. The van der Waals surface area contributed by atoms with Crippen LogP contribution in [0.5, 0.6) is 0 Å². The van der Waals surface area contributed by atoms with Gasteiger partial charge in [0.15, 0.2) is 5.13 Å². The van der Waals surface area contributed by atoms with Crippen molar-refractivity contribution in [3.05, 3.63) is 46.7 Å². The molecule has 0 radical (unpaired) electrons. The van der Waals surface area contributed by atoms with Gasteiger partial charge in [-0.3, -0.25) is 20.1 Å². The zero-order valence-electron chi connectivity index (χ0n) is 12.7. The molecule has 0 saturated heterocycles. The van der Waals surface area contributed by atoms with Crippen molar-refractivity contribution in [3.63, 3.8) is 0 Å². The molecule has 0 spiro atoms. The highest BCUT2D eigenvalue weighted by Gasteiger charge is 2.21. The van der Waals surface area contributed by atoms with Crippen LogP contribution in [0, 0.1) is 0 Å². The second kappa shape index (κ2) is 6.80. The summed E-state index contributed by atoms with van der Waals surface area (Å²) in [7, 11) is 0. The molecule has 1 aliphatic carbocycles. The van der Waals surface area contributed by atoms with Crippen molar-refractivity contribution in [1.82, 2.24) is 15.0 Å². The predicted octanol–water partition coefficient (Wildman–Crippen LogP) is 2.58. The molecule has 0 saturated carbocycles. The minimum atomic E-state index is -0.216. The molecular formula is C16H16ClN5OS. The summed E-state index contributed by atoms with van der Waals surface area (Å²) in [6.07, 6.45) is 5.86. The Morgan fingerprint density at radius 3 is 3.00 bits per heavy atom. The molecule has 2 aromatic heterocycles. The number of nitrogens with zero attached hydrogens (tertiary/aromatic N) is 3. The summed E-state index contributed by atoms with van der Waals surface area (Å²) in [6.45, 7) is 0. The third kappa shape index (κ3) is 3.10. The highest BCUT2D eigenvalue weighted by Crippen LogP contribution is 2.29. The topological polar surface area (TPSA) is 93.8 Å². The van der Waals surface area contributed by atoms with Crippen LogP contribution < -0.4 is 11.1 Å². The van der Waals surface area contributed by atoms with E-state index < -0.39 is 0 Å². The number of para-hydroxylation sites is 1. The summed E-state index contributed by atoms with van der Waals surface area (Å²) in [4.78, 5) is 26.8. The van der Waals surface area contributed by atoms with Gasteiger partial charge in [0.2, 0.25) is 0 Å². The van der Waals surface area contributed by atoms with E-state index in [1.807, 2.05) is 6.07 Å². The van der Waals surface area contributed by atoms with E-state index in [9.17, 15) is 4.79 Å². The standard InChI is InChI=1S/C16H15N5OS.ClH/c17-9-4-5-11-13(8-9)23-16(20-11)21-15(22)10-2-1-3-12-14(10)19-7-6-18-12;/h1-3,6-7,9H,4-5,8,17H2,(H,20,21,22);1H/t9-;/m0./s1. The lowest BCUT2D eigenvalue weighted by Gasteiger charge is -2.15. The molecule has 124 valence electrons. The van der Waals surface area contributed by atoms with Crippen molar-refractivity contribution >= 4 is 45.8 Å².